The SMILES string of the molecule is O=C(Nc1cccc(Cl)c1)c1ccccc1NC(=O)[C@@H]1CCCC[C@@H]1C(=O)[O-]. The normalized spacial score (nSPS) is 18.9. The number of nitrogens with one attached hydrogen (secondary N) is 2. The van der Waals surface area contributed by atoms with E-state index < -0.39 is 29.6 Å². The predicted octanol–water partition coefficient (Wildman–Crippen LogP) is 3.09. The molecule has 0 radical (unpaired) electrons. The van der Waals surface area contributed by atoms with Gasteiger partial charge in [-0.15, -0.1) is 0 Å². The number of benzene rings is 2. The third-order valence-electron chi connectivity index (χ3n) is 4.92. The molecule has 1 saturated carbocycles. The fourth-order valence-electron chi connectivity index (χ4n) is 3.51. The first-order valence-corrected chi connectivity index (χ1v) is 9.51. The van der Waals surface area contributed by atoms with E-state index in [0.717, 1.165) is 12.8 Å². The van der Waals surface area contributed by atoms with E-state index in [2.05, 4.69) is 10.6 Å². The van der Waals surface area contributed by atoms with Gasteiger partial charge < -0.3 is 20.5 Å². The first-order chi connectivity index (χ1) is 13.5. The lowest BCUT2D eigenvalue weighted by atomic mass is 9.78. The van der Waals surface area contributed by atoms with E-state index in [4.69, 9.17) is 11.6 Å². The number of halogens is 1. The second-order valence-corrected chi connectivity index (χ2v) is 7.25. The van der Waals surface area contributed by atoms with E-state index in [0.29, 0.717) is 29.2 Å². The molecular formula is C21H20ClN2O4-. The average molecular weight is 400 g/mol. The molecule has 28 heavy (non-hydrogen) atoms. The Labute approximate surface area is 167 Å². The molecule has 3 rings (SSSR count). The van der Waals surface area contributed by atoms with Gasteiger partial charge in [0, 0.05) is 28.5 Å². The number of amides is 2. The summed E-state index contributed by atoms with van der Waals surface area (Å²) in [7, 11) is 0. The smallest absolute Gasteiger partial charge is 0.257 e. The molecule has 2 aromatic rings. The first kappa shape index (κ1) is 19.9. The van der Waals surface area contributed by atoms with E-state index in [1.165, 1.54) is 0 Å². The van der Waals surface area contributed by atoms with Gasteiger partial charge in [0.2, 0.25) is 5.91 Å². The Kier molecular flexibility index (Phi) is 6.31. The Morgan fingerprint density at radius 2 is 1.64 bits per heavy atom. The number of carboxylic acids is 1. The molecule has 0 heterocycles. The number of anilines is 2. The van der Waals surface area contributed by atoms with Gasteiger partial charge in [-0.05, 0) is 43.2 Å². The number of hydrogen-bond acceptors (Lipinski definition) is 4. The summed E-state index contributed by atoms with van der Waals surface area (Å²) in [6, 6.07) is 13.3. The molecular weight excluding hydrogens is 380 g/mol. The van der Waals surface area contributed by atoms with Crippen molar-refractivity contribution in [2.24, 2.45) is 11.8 Å². The molecule has 0 spiro atoms. The van der Waals surface area contributed by atoms with Crippen LogP contribution in [0.2, 0.25) is 5.02 Å². The summed E-state index contributed by atoms with van der Waals surface area (Å²) in [4.78, 5) is 36.7. The van der Waals surface area contributed by atoms with Gasteiger partial charge in [-0.25, -0.2) is 0 Å². The van der Waals surface area contributed by atoms with Crippen molar-refractivity contribution in [2.45, 2.75) is 25.7 Å². The van der Waals surface area contributed by atoms with Crippen molar-refractivity contribution >= 4 is 40.8 Å². The molecule has 2 aromatic carbocycles. The molecule has 0 unspecified atom stereocenters. The second-order valence-electron chi connectivity index (χ2n) is 6.82. The van der Waals surface area contributed by atoms with Gasteiger partial charge in [-0.1, -0.05) is 42.6 Å². The van der Waals surface area contributed by atoms with E-state index in [1.54, 1.807) is 48.5 Å². The minimum absolute atomic E-state index is 0.275. The van der Waals surface area contributed by atoms with Crippen molar-refractivity contribution < 1.29 is 19.5 Å². The molecule has 1 aliphatic rings. The molecule has 146 valence electrons. The fourth-order valence-corrected chi connectivity index (χ4v) is 3.70. The van der Waals surface area contributed by atoms with Crippen LogP contribution in [0, 0.1) is 11.8 Å². The molecule has 0 aromatic heterocycles. The zero-order valence-electron chi connectivity index (χ0n) is 15.1. The summed E-state index contributed by atoms with van der Waals surface area (Å²) in [6.07, 6.45) is 2.47. The highest BCUT2D eigenvalue weighted by atomic mass is 35.5. The summed E-state index contributed by atoms with van der Waals surface area (Å²) in [5.74, 6) is -3.48. The third-order valence-corrected chi connectivity index (χ3v) is 5.15. The van der Waals surface area contributed by atoms with Gasteiger partial charge >= 0.3 is 0 Å². The van der Waals surface area contributed by atoms with Crippen LogP contribution in [0.5, 0.6) is 0 Å². The maximum absolute atomic E-state index is 12.7. The maximum Gasteiger partial charge on any atom is 0.257 e. The Morgan fingerprint density at radius 3 is 2.36 bits per heavy atom. The zero-order chi connectivity index (χ0) is 20.1. The lowest BCUT2D eigenvalue weighted by Gasteiger charge is -2.31. The molecule has 2 N–H and O–H groups in total. The summed E-state index contributed by atoms with van der Waals surface area (Å²) in [5.41, 5.74) is 1.13. The van der Waals surface area contributed by atoms with Crippen molar-refractivity contribution in [3.05, 3.63) is 59.1 Å². The standard InChI is InChI=1S/C21H21ClN2O4/c22-13-6-5-7-14(12-13)23-20(26)17-10-3-4-11-18(17)24-19(25)15-8-1-2-9-16(15)21(27)28/h3-7,10-12,15-16H,1-2,8-9H2,(H,23,26)(H,24,25)(H,27,28)/p-1/t15-,16+/m1/s1. The summed E-state index contributed by atoms with van der Waals surface area (Å²) in [5, 5.41) is 17.3. The first-order valence-electron chi connectivity index (χ1n) is 9.13. The van der Waals surface area contributed by atoms with Crippen LogP contribution in [0.3, 0.4) is 0 Å². The summed E-state index contributed by atoms with van der Waals surface area (Å²) < 4.78 is 0. The summed E-state index contributed by atoms with van der Waals surface area (Å²) in [6.45, 7) is 0. The highest BCUT2D eigenvalue weighted by molar-refractivity contribution is 6.31. The molecule has 2 atom stereocenters. The Balaban J connectivity index is 1.77. The third kappa shape index (κ3) is 4.70. The molecule has 7 heteroatoms. The molecule has 1 aliphatic carbocycles. The fraction of sp³-hybridized carbons (Fsp3) is 0.286. The van der Waals surface area contributed by atoms with Crippen LogP contribution in [0.1, 0.15) is 36.0 Å². The van der Waals surface area contributed by atoms with Gasteiger partial charge in [0.25, 0.3) is 5.91 Å². The van der Waals surface area contributed by atoms with Crippen molar-refractivity contribution in [1.29, 1.82) is 0 Å². The largest absolute Gasteiger partial charge is 0.550 e. The second kappa shape index (κ2) is 8.89. The van der Waals surface area contributed by atoms with E-state index in [-0.39, 0.29) is 5.56 Å². The number of carbonyl (C=O) groups excluding carboxylic acids is 3. The van der Waals surface area contributed by atoms with Crippen LogP contribution in [0.15, 0.2) is 48.5 Å². The average Bonchev–Trinajstić information content (AvgIpc) is 2.68. The number of carbonyl (C=O) groups is 3. The van der Waals surface area contributed by atoms with Crippen LogP contribution >= 0.6 is 11.6 Å². The minimum Gasteiger partial charge on any atom is -0.550 e. The lowest BCUT2D eigenvalue weighted by Crippen LogP contribution is -2.42. The molecule has 0 bridgehead atoms. The highest BCUT2D eigenvalue weighted by Gasteiger charge is 2.32. The maximum atomic E-state index is 12.7. The minimum atomic E-state index is -1.20. The van der Waals surface area contributed by atoms with Crippen LogP contribution in [-0.4, -0.2) is 17.8 Å². The van der Waals surface area contributed by atoms with E-state index >= 15 is 0 Å². The molecule has 2 amide bonds. The predicted molar refractivity (Wildman–Crippen MR) is 105 cm³/mol. The monoisotopic (exact) mass is 399 g/mol. The number of aliphatic carboxylic acids is 1. The van der Waals surface area contributed by atoms with Gasteiger partial charge in [-0.3, -0.25) is 9.59 Å². The van der Waals surface area contributed by atoms with Gasteiger partial charge in [0.1, 0.15) is 0 Å². The number of rotatable bonds is 5. The lowest BCUT2D eigenvalue weighted by molar-refractivity contribution is -0.313. The molecule has 6 nitrogen and oxygen atoms in total. The summed E-state index contributed by atoms with van der Waals surface area (Å²) >= 11 is 5.94. The zero-order valence-corrected chi connectivity index (χ0v) is 15.9. The Bertz CT molecular complexity index is 899. The number of para-hydroxylation sites is 1. The van der Waals surface area contributed by atoms with E-state index in [1.807, 2.05) is 0 Å². The quantitative estimate of drug-likeness (QED) is 0.807. The number of hydrogen-bond donors (Lipinski definition) is 2. The van der Waals surface area contributed by atoms with Gasteiger partial charge in [0.05, 0.1) is 11.3 Å². The van der Waals surface area contributed by atoms with Crippen LogP contribution in [0.4, 0.5) is 11.4 Å². The Hall–Kier alpha value is -2.86. The molecule has 1 fully saturated rings. The van der Waals surface area contributed by atoms with Crippen LogP contribution < -0.4 is 15.7 Å². The van der Waals surface area contributed by atoms with Crippen LogP contribution in [-0.2, 0) is 9.59 Å². The van der Waals surface area contributed by atoms with Crippen molar-refractivity contribution in [2.75, 3.05) is 10.6 Å². The topological polar surface area (TPSA) is 98.3 Å². The van der Waals surface area contributed by atoms with Crippen molar-refractivity contribution in [3.63, 3.8) is 0 Å². The van der Waals surface area contributed by atoms with Gasteiger partial charge in [0.15, 0.2) is 0 Å². The van der Waals surface area contributed by atoms with Crippen molar-refractivity contribution in [3.8, 4) is 0 Å². The van der Waals surface area contributed by atoms with Crippen molar-refractivity contribution in [1.82, 2.24) is 0 Å². The Morgan fingerprint density at radius 1 is 0.929 bits per heavy atom. The van der Waals surface area contributed by atoms with Gasteiger partial charge in [-0.2, -0.15) is 0 Å². The van der Waals surface area contributed by atoms with Crippen LogP contribution in [0.25, 0.3) is 0 Å². The van der Waals surface area contributed by atoms with E-state index in [9.17, 15) is 19.5 Å². The molecule has 0 saturated heterocycles. The number of carboxylic acid groups (broad SMARTS) is 1. The molecule has 0 aliphatic heterocycles. The highest BCUT2D eigenvalue weighted by Crippen LogP contribution is 2.31.